The molecule has 2 amide bonds. The van der Waals surface area contributed by atoms with Gasteiger partial charge < -0.3 is 15.0 Å². The summed E-state index contributed by atoms with van der Waals surface area (Å²) in [5, 5.41) is 3.39. The predicted molar refractivity (Wildman–Crippen MR) is 137 cm³/mol. The average Bonchev–Trinajstić information content (AvgIpc) is 3.28. The molecule has 35 heavy (non-hydrogen) atoms. The van der Waals surface area contributed by atoms with Crippen molar-refractivity contribution >= 4 is 45.8 Å². The molecule has 2 N–H and O–H groups in total. The number of para-hydroxylation sites is 2. The number of benzene rings is 3. The quantitative estimate of drug-likeness (QED) is 0.377. The largest absolute Gasteiger partial charge is 0.478 e. The van der Waals surface area contributed by atoms with Crippen LogP contribution in [0.1, 0.15) is 24.7 Å². The van der Waals surface area contributed by atoms with Crippen molar-refractivity contribution in [2.45, 2.75) is 32.3 Å². The van der Waals surface area contributed by atoms with E-state index in [0.717, 1.165) is 35.3 Å². The van der Waals surface area contributed by atoms with Crippen molar-refractivity contribution in [1.82, 2.24) is 9.97 Å². The molecule has 3 aromatic carbocycles. The van der Waals surface area contributed by atoms with Gasteiger partial charge in [-0.3, -0.25) is 14.5 Å². The standard InChI is InChI=1S/C27H25ClN4O3/c1-2-23-27(34)32(22-15-18(28)11-12-24(22)35-23)16-26(33)29-19-7-5-6-17(14-19)10-13-25-30-20-8-3-4-9-21(20)31-25/h3-9,11-12,14-15,23H,2,10,13,16H2,1H3,(H,29,33)(H,30,31)/t23-/m0/s1. The summed E-state index contributed by atoms with van der Waals surface area (Å²) < 4.78 is 5.79. The number of carbonyl (C=O) groups excluding carboxylic acids is 2. The van der Waals surface area contributed by atoms with E-state index in [2.05, 4.69) is 15.3 Å². The van der Waals surface area contributed by atoms with Crippen molar-refractivity contribution < 1.29 is 14.3 Å². The molecule has 0 bridgehead atoms. The van der Waals surface area contributed by atoms with Crippen molar-refractivity contribution in [3.8, 4) is 5.75 Å². The summed E-state index contributed by atoms with van der Waals surface area (Å²) in [5.41, 5.74) is 4.23. The molecule has 7 nitrogen and oxygen atoms in total. The Morgan fingerprint density at radius 1 is 1.11 bits per heavy atom. The van der Waals surface area contributed by atoms with Crippen LogP contribution in [0, 0.1) is 0 Å². The molecule has 0 radical (unpaired) electrons. The minimum atomic E-state index is -0.627. The Labute approximate surface area is 208 Å². The second-order valence-electron chi connectivity index (χ2n) is 8.50. The normalized spacial score (nSPS) is 15.1. The number of halogens is 1. The van der Waals surface area contributed by atoms with Gasteiger partial charge in [-0.25, -0.2) is 4.98 Å². The van der Waals surface area contributed by atoms with Gasteiger partial charge in [-0.1, -0.05) is 42.8 Å². The van der Waals surface area contributed by atoms with E-state index in [1.807, 2.05) is 55.5 Å². The lowest BCUT2D eigenvalue weighted by molar-refractivity contribution is -0.128. The van der Waals surface area contributed by atoms with Gasteiger partial charge in [-0.05, 0) is 60.9 Å². The third-order valence-corrected chi connectivity index (χ3v) is 6.23. The first kappa shape index (κ1) is 22.9. The van der Waals surface area contributed by atoms with Crippen molar-refractivity contribution in [3.05, 3.63) is 83.1 Å². The van der Waals surface area contributed by atoms with Crippen LogP contribution in [-0.2, 0) is 22.4 Å². The van der Waals surface area contributed by atoms with Gasteiger partial charge in [-0.15, -0.1) is 0 Å². The Hall–Kier alpha value is -3.84. The summed E-state index contributed by atoms with van der Waals surface area (Å²) in [7, 11) is 0. The molecule has 2 heterocycles. The summed E-state index contributed by atoms with van der Waals surface area (Å²) in [4.78, 5) is 35.3. The lowest BCUT2D eigenvalue weighted by Gasteiger charge is -2.33. The predicted octanol–water partition coefficient (Wildman–Crippen LogP) is 5.14. The zero-order valence-electron chi connectivity index (χ0n) is 19.3. The molecule has 0 saturated heterocycles. The van der Waals surface area contributed by atoms with Crippen LogP contribution < -0.4 is 15.0 Å². The van der Waals surface area contributed by atoms with Gasteiger partial charge in [-0.2, -0.15) is 0 Å². The maximum atomic E-state index is 12.9. The fraction of sp³-hybridized carbons (Fsp3) is 0.222. The van der Waals surface area contributed by atoms with Crippen molar-refractivity contribution in [2.24, 2.45) is 0 Å². The molecule has 1 aromatic heterocycles. The summed E-state index contributed by atoms with van der Waals surface area (Å²) in [6, 6.07) is 20.7. The number of aromatic amines is 1. The number of carbonyl (C=O) groups is 2. The summed E-state index contributed by atoms with van der Waals surface area (Å²) in [6.45, 7) is 1.74. The molecule has 0 fully saturated rings. The van der Waals surface area contributed by atoms with Gasteiger partial charge in [0.25, 0.3) is 5.91 Å². The van der Waals surface area contributed by atoms with Gasteiger partial charge in [0.1, 0.15) is 18.1 Å². The van der Waals surface area contributed by atoms with Gasteiger partial charge in [0, 0.05) is 17.1 Å². The number of nitrogens with zero attached hydrogens (tertiary/aromatic N) is 2. The summed E-state index contributed by atoms with van der Waals surface area (Å²) >= 11 is 6.14. The second-order valence-corrected chi connectivity index (χ2v) is 8.94. The number of fused-ring (bicyclic) bond motifs is 2. The number of aryl methyl sites for hydroxylation is 2. The van der Waals surface area contributed by atoms with Gasteiger partial charge in [0.05, 0.1) is 16.7 Å². The minimum absolute atomic E-state index is 0.130. The molecule has 0 saturated carbocycles. The van der Waals surface area contributed by atoms with Crippen LogP contribution in [0.2, 0.25) is 5.02 Å². The number of imidazole rings is 1. The van der Waals surface area contributed by atoms with Gasteiger partial charge in [0.2, 0.25) is 5.91 Å². The SMILES string of the molecule is CC[C@@H]1Oc2ccc(Cl)cc2N(CC(=O)Nc2cccc(CCc3nc4ccccc4[nH]3)c2)C1=O. The number of hydrogen-bond acceptors (Lipinski definition) is 4. The highest BCUT2D eigenvalue weighted by atomic mass is 35.5. The van der Waals surface area contributed by atoms with Crippen molar-refractivity contribution in [2.75, 3.05) is 16.8 Å². The van der Waals surface area contributed by atoms with Crippen LogP contribution >= 0.6 is 11.6 Å². The van der Waals surface area contributed by atoms with Crippen LogP contribution in [0.15, 0.2) is 66.7 Å². The Morgan fingerprint density at radius 2 is 1.97 bits per heavy atom. The van der Waals surface area contributed by atoms with Crippen molar-refractivity contribution in [3.63, 3.8) is 0 Å². The highest BCUT2D eigenvalue weighted by Crippen LogP contribution is 2.36. The minimum Gasteiger partial charge on any atom is -0.478 e. The van der Waals surface area contributed by atoms with Crippen LogP contribution in [0.25, 0.3) is 11.0 Å². The first-order chi connectivity index (χ1) is 17.0. The summed E-state index contributed by atoms with van der Waals surface area (Å²) in [5.74, 6) is 0.919. The molecule has 1 atom stereocenters. The number of H-pyrrole nitrogens is 1. The number of nitrogens with one attached hydrogen (secondary N) is 2. The van der Waals surface area contributed by atoms with E-state index < -0.39 is 6.10 Å². The third-order valence-electron chi connectivity index (χ3n) is 5.99. The Kier molecular flexibility index (Phi) is 6.42. The van der Waals surface area contributed by atoms with E-state index in [1.54, 1.807) is 18.2 Å². The second kappa shape index (κ2) is 9.80. The Bertz CT molecular complexity index is 1370. The molecule has 178 valence electrons. The van der Waals surface area contributed by atoms with Crippen LogP contribution in [0.5, 0.6) is 5.75 Å². The first-order valence-electron chi connectivity index (χ1n) is 11.6. The molecular formula is C27H25ClN4O3. The maximum absolute atomic E-state index is 12.9. The highest BCUT2D eigenvalue weighted by molar-refractivity contribution is 6.31. The maximum Gasteiger partial charge on any atom is 0.268 e. The van der Waals surface area contributed by atoms with E-state index in [1.165, 1.54) is 4.90 Å². The molecule has 0 aliphatic carbocycles. The smallest absolute Gasteiger partial charge is 0.268 e. The lowest BCUT2D eigenvalue weighted by Crippen LogP contribution is -2.48. The lowest BCUT2D eigenvalue weighted by atomic mass is 10.1. The Morgan fingerprint density at radius 3 is 2.80 bits per heavy atom. The number of anilines is 2. The third kappa shape index (κ3) is 5.00. The van der Waals surface area contributed by atoms with Gasteiger partial charge in [0.15, 0.2) is 6.10 Å². The van der Waals surface area contributed by atoms with E-state index in [-0.39, 0.29) is 18.4 Å². The van der Waals surface area contributed by atoms with Crippen LogP contribution in [0.4, 0.5) is 11.4 Å². The van der Waals surface area contributed by atoms with Crippen LogP contribution in [-0.4, -0.2) is 34.4 Å². The number of amides is 2. The fourth-order valence-electron chi connectivity index (χ4n) is 4.25. The number of ether oxygens (including phenoxy) is 1. The van der Waals surface area contributed by atoms with Crippen molar-refractivity contribution in [1.29, 1.82) is 0 Å². The zero-order valence-corrected chi connectivity index (χ0v) is 20.0. The first-order valence-corrected chi connectivity index (χ1v) is 12.0. The topological polar surface area (TPSA) is 87.3 Å². The molecule has 1 aliphatic rings. The number of rotatable bonds is 7. The Balaban J connectivity index is 1.26. The summed E-state index contributed by atoms with van der Waals surface area (Å²) in [6.07, 6.45) is 1.41. The van der Waals surface area contributed by atoms with E-state index >= 15 is 0 Å². The molecule has 1 aliphatic heterocycles. The van der Waals surface area contributed by atoms with Gasteiger partial charge >= 0.3 is 0 Å². The fourth-order valence-corrected chi connectivity index (χ4v) is 4.42. The molecular weight excluding hydrogens is 464 g/mol. The zero-order chi connectivity index (χ0) is 24.4. The highest BCUT2D eigenvalue weighted by Gasteiger charge is 2.34. The van der Waals surface area contributed by atoms with E-state index in [9.17, 15) is 9.59 Å². The molecule has 0 unspecified atom stereocenters. The van der Waals surface area contributed by atoms with Crippen LogP contribution in [0.3, 0.4) is 0 Å². The van der Waals surface area contributed by atoms with E-state index in [4.69, 9.17) is 16.3 Å². The number of aromatic nitrogens is 2. The average molecular weight is 489 g/mol. The molecule has 8 heteroatoms. The molecule has 0 spiro atoms. The monoisotopic (exact) mass is 488 g/mol. The molecule has 5 rings (SSSR count). The number of hydrogen-bond donors (Lipinski definition) is 2. The van der Waals surface area contributed by atoms with E-state index in [0.29, 0.717) is 28.6 Å². The molecule has 4 aromatic rings.